The van der Waals surface area contributed by atoms with E-state index in [0.29, 0.717) is 18.6 Å². The van der Waals surface area contributed by atoms with E-state index < -0.39 is 11.8 Å². The molecular formula is C27H30N2O4. The van der Waals surface area contributed by atoms with Gasteiger partial charge in [0.1, 0.15) is 11.5 Å². The minimum atomic E-state index is -0.466. The molecule has 6 heteroatoms. The number of carbonyl (C=O) groups is 2. The smallest absolute Gasteiger partial charge is 0.336 e. The van der Waals surface area contributed by atoms with E-state index in [4.69, 9.17) is 9.47 Å². The average Bonchev–Trinajstić information content (AvgIpc) is 2.82. The first kappa shape index (κ1) is 22.8. The Kier molecular flexibility index (Phi) is 6.63. The van der Waals surface area contributed by atoms with Gasteiger partial charge in [-0.1, -0.05) is 32.1 Å². The lowest BCUT2D eigenvalue weighted by atomic mass is 9.69. The highest BCUT2D eigenvalue weighted by Crippen LogP contribution is 2.46. The number of nitrogens with zero attached hydrogens (tertiary/aromatic N) is 1. The van der Waals surface area contributed by atoms with Crippen molar-refractivity contribution in [1.29, 1.82) is 0 Å². The number of fused-ring (bicyclic) bond motifs is 1. The van der Waals surface area contributed by atoms with Crippen LogP contribution in [0.25, 0.3) is 0 Å². The topological polar surface area (TPSA) is 77.5 Å². The van der Waals surface area contributed by atoms with E-state index in [1.807, 2.05) is 57.2 Å². The summed E-state index contributed by atoms with van der Waals surface area (Å²) in [6, 6.07) is 11.6. The van der Waals surface area contributed by atoms with Gasteiger partial charge in [0, 0.05) is 42.0 Å². The lowest BCUT2D eigenvalue weighted by Crippen LogP contribution is -2.42. The SMILES string of the molecule is COc1ccc(C2C=C3NC(C)=C(C(=O)OCC(C)C)C(c4ccncc4)C3C(=O)C2)cc1. The van der Waals surface area contributed by atoms with Crippen molar-refractivity contribution < 1.29 is 19.1 Å². The van der Waals surface area contributed by atoms with Crippen LogP contribution in [0.4, 0.5) is 0 Å². The van der Waals surface area contributed by atoms with Gasteiger partial charge >= 0.3 is 5.97 Å². The molecule has 2 heterocycles. The molecule has 1 aliphatic carbocycles. The Bertz CT molecular complexity index is 1090. The van der Waals surface area contributed by atoms with Gasteiger partial charge < -0.3 is 14.8 Å². The van der Waals surface area contributed by atoms with Crippen molar-refractivity contribution in [2.75, 3.05) is 13.7 Å². The number of nitrogens with one attached hydrogen (secondary N) is 1. The molecule has 3 unspecified atom stereocenters. The molecule has 0 spiro atoms. The number of ketones is 1. The molecule has 33 heavy (non-hydrogen) atoms. The average molecular weight is 447 g/mol. The number of pyridine rings is 1. The lowest BCUT2D eigenvalue weighted by Gasteiger charge is -2.39. The second-order valence-corrected chi connectivity index (χ2v) is 9.06. The number of benzene rings is 1. The van der Waals surface area contributed by atoms with E-state index in [-0.39, 0.29) is 23.6 Å². The normalized spacial score (nSPS) is 22.4. The van der Waals surface area contributed by atoms with Crippen molar-refractivity contribution in [3.8, 4) is 5.75 Å². The van der Waals surface area contributed by atoms with E-state index >= 15 is 0 Å². The molecule has 172 valence electrons. The van der Waals surface area contributed by atoms with Crippen molar-refractivity contribution >= 4 is 11.8 Å². The first-order chi connectivity index (χ1) is 15.9. The predicted molar refractivity (Wildman–Crippen MR) is 126 cm³/mol. The van der Waals surface area contributed by atoms with E-state index in [0.717, 1.165) is 28.3 Å². The van der Waals surface area contributed by atoms with Gasteiger partial charge in [-0.2, -0.15) is 0 Å². The number of allylic oxidation sites excluding steroid dienone is 3. The highest BCUT2D eigenvalue weighted by Gasteiger charge is 2.45. The number of esters is 1. The molecule has 0 bridgehead atoms. The number of methoxy groups -OCH3 is 1. The van der Waals surface area contributed by atoms with Crippen LogP contribution in [0, 0.1) is 11.8 Å². The Hall–Kier alpha value is -3.41. The van der Waals surface area contributed by atoms with Crippen molar-refractivity contribution in [2.45, 2.75) is 39.0 Å². The fraction of sp³-hybridized carbons (Fsp3) is 0.370. The highest BCUT2D eigenvalue weighted by molar-refractivity contribution is 5.96. The van der Waals surface area contributed by atoms with Gasteiger partial charge in [-0.05, 0) is 48.2 Å². The van der Waals surface area contributed by atoms with Crippen LogP contribution in [0.15, 0.2) is 71.8 Å². The van der Waals surface area contributed by atoms with Crippen molar-refractivity contribution in [3.05, 3.63) is 83.0 Å². The zero-order valence-electron chi connectivity index (χ0n) is 19.5. The maximum absolute atomic E-state index is 13.6. The number of rotatable bonds is 6. The number of Topliss-reactive ketones (excluding diaryl/α,β-unsaturated/α-hetero) is 1. The Balaban J connectivity index is 1.75. The van der Waals surface area contributed by atoms with Crippen LogP contribution in [0.2, 0.25) is 0 Å². The molecule has 1 aromatic carbocycles. The molecule has 1 aliphatic heterocycles. The maximum atomic E-state index is 13.6. The largest absolute Gasteiger partial charge is 0.497 e. The summed E-state index contributed by atoms with van der Waals surface area (Å²) in [4.78, 5) is 30.8. The number of hydrogen-bond donors (Lipinski definition) is 1. The summed E-state index contributed by atoms with van der Waals surface area (Å²) >= 11 is 0. The minimum Gasteiger partial charge on any atom is -0.497 e. The lowest BCUT2D eigenvalue weighted by molar-refractivity contribution is -0.140. The molecule has 6 nitrogen and oxygen atoms in total. The van der Waals surface area contributed by atoms with Crippen molar-refractivity contribution in [3.63, 3.8) is 0 Å². The zero-order valence-corrected chi connectivity index (χ0v) is 19.5. The summed E-state index contributed by atoms with van der Waals surface area (Å²) in [5.41, 5.74) is 4.01. The Morgan fingerprint density at radius 2 is 1.79 bits per heavy atom. The third-order valence-electron chi connectivity index (χ3n) is 6.24. The maximum Gasteiger partial charge on any atom is 0.336 e. The van der Waals surface area contributed by atoms with Crippen molar-refractivity contribution in [1.82, 2.24) is 10.3 Å². The van der Waals surface area contributed by atoms with E-state index in [1.165, 1.54) is 0 Å². The molecule has 0 saturated carbocycles. The fourth-order valence-electron chi connectivity index (χ4n) is 4.66. The van der Waals surface area contributed by atoms with Crippen LogP contribution in [-0.2, 0) is 14.3 Å². The summed E-state index contributed by atoms with van der Waals surface area (Å²) in [6.07, 6.45) is 5.89. The van der Waals surface area contributed by atoms with E-state index in [2.05, 4.69) is 16.4 Å². The first-order valence-corrected chi connectivity index (χ1v) is 11.3. The quantitative estimate of drug-likeness (QED) is 0.658. The van der Waals surface area contributed by atoms with Crippen LogP contribution in [0.1, 0.15) is 50.2 Å². The molecule has 2 aliphatic rings. The summed E-state index contributed by atoms with van der Waals surface area (Å²) in [6.45, 7) is 6.20. The highest BCUT2D eigenvalue weighted by atomic mass is 16.5. The van der Waals surface area contributed by atoms with Gasteiger partial charge in [0.15, 0.2) is 0 Å². The monoisotopic (exact) mass is 446 g/mol. The molecule has 2 aromatic rings. The number of aromatic nitrogens is 1. The van der Waals surface area contributed by atoms with Crippen LogP contribution in [-0.4, -0.2) is 30.5 Å². The molecule has 4 rings (SSSR count). The summed E-state index contributed by atoms with van der Waals surface area (Å²) in [7, 11) is 1.63. The standard InChI is InChI=1S/C27H30N2O4/c1-16(2)15-33-27(31)24-17(3)29-22-13-20(18-5-7-21(32-4)8-6-18)14-23(30)26(22)25(24)19-9-11-28-12-10-19/h5-13,16,20,25-26,29H,14-15H2,1-4H3. The van der Waals surface area contributed by atoms with Gasteiger partial charge in [-0.25, -0.2) is 4.79 Å². The second-order valence-electron chi connectivity index (χ2n) is 9.06. The summed E-state index contributed by atoms with van der Waals surface area (Å²) in [5.74, 6) is -0.186. The first-order valence-electron chi connectivity index (χ1n) is 11.3. The van der Waals surface area contributed by atoms with E-state index in [1.54, 1.807) is 19.5 Å². The van der Waals surface area contributed by atoms with Crippen LogP contribution in [0.5, 0.6) is 5.75 Å². The molecule has 1 N–H and O–H groups in total. The van der Waals surface area contributed by atoms with Crippen LogP contribution in [0.3, 0.4) is 0 Å². The third-order valence-corrected chi connectivity index (χ3v) is 6.24. The van der Waals surface area contributed by atoms with Gasteiger partial charge in [0.2, 0.25) is 0 Å². The fourth-order valence-corrected chi connectivity index (χ4v) is 4.66. The van der Waals surface area contributed by atoms with Crippen molar-refractivity contribution in [2.24, 2.45) is 11.8 Å². The molecule has 0 saturated heterocycles. The minimum absolute atomic E-state index is 0.0394. The summed E-state index contributed by atoms with van der Waals surface area (Å²) in [5, 5.41) is 3.37. The van der Waals surface area contributed by atoms with Gasteiger partial charge in [-0.3, -0.25) is 9.78 Å². The molecule has 0 amide bonds. The number of ether oxygens (including phenoxy) is 2. The third kappa shape index (κ3) is 4.70. The molecule has 0 radical (unpaired) electrons. The molecule has 1 aromatic heterocycles. The zero-order chi connectivity index (χ0) is 23.5. The van der Waals surface area contributed by atoms with Gasteiger partial charge in [-0.15, -0.1) is 0 Å². The molecule has 0 fully saturated rings. The number of hydrogen-bond acceptors (Lipinski definition) is 6. The Labute approximate surface area is 194 Å². The van der Waals surface area contributed by atoms with E-state index in [9.17, 15) is 9.59 Å². The van der Waals surface area contributed by atoms with Gasteiger partial charge in [0.05, 0.1) is 25.2 Å². The number of carbonyl (C=O) groups excluding carboxylic acids is 2. The Morgan fingerprint density at radius 3 is 2.42 bits per heavy atom. The van der Waals surface area contributed by atoms with Gasteiger partial charge in [0.25, 0.3) is 0 Å². The van der Waals surface area contributed by atoms with Crippen LogP contribution < -0.4 is 10.1 Å². The van der Waals surface area contributed by atoms with Crippen LogP contribution >= 0.6 is 0 Å². The molecule has 3 atom stereocenters. The second kappa shape index (κ2) is 9.61. The predicted octanol–water partition coefficient (Wildman–Crippen LogP) is 4.51. The Morgan fingerprint density at radius 1 is 1.09 bits per heavy atom. The summed E-state index contributed by atoms with van der Waals surface area (Å²) < 4.78 is 10.9. The molecular weight excluding hydrogens is 416 g/mol.